The maximum absolute atomic E-state index is 11.4. The van der Waals surface area contributed by atoms with Crippen LogP contribution in [0, 0.1) is 0 Å². The van der Waals surface area contributed by atoms with Crippen LogP contribution in [-0.2, 0) is 14.3 Å². The van der Waals surface area contributed by atoms with Crippen LogP contribution in [0.2, 0.25) is 0 Å². The van der Waals surface area contributed by atoms with Crippen LogP contribution in [0.15, 0.2) is 12.7 Å². The van der Waals surface area contributed by atoms with E-state index in [0.29, 0.717) is 19.6 Å². The number of urea groups is 1. The number of rotatable bonds is 11. The van der Waals surface area contributed by atoms with Crippen LogP contribution >= 0.6 is 0 Å². The molecule has 0 aliphatic rings. The molecular formula is C12H20N2O6. The molecular weight excluding hydrogens is 268 g/mol. The van der Waals surface area contributed by atoms with Crippen molar-refractivity contribution in [3.63, 3.8) is 0 Å². The van der Waals surface area contributed by atoms with Gasteiger partial charge in [0.1, 0.15) is 6.04 Å². The third-order valence-corrected chi connectivity index (χ3v) is 2.25. The molecule has 0 aliphatic heterocycles. The lowest BCUT2D eigenvalue weighted by Crippen LogP contribution is -2.46. The zero-order chi connectivity index (χ0) is 15.4. The molecule has 20 heavy (non-hydrogen) atoms. The Morgan fingerprint density at radius 2 is 1.95 bits per heavy atom. The molecule has 1 atom stereocenters. The average Bonchev–Trinajstić information content (AvgIpc) is 2.38. The predicted octanol–water partition coefficient (Wildman–Crippen LogP) is 0.196. The second-order valence-electron chi connectivity index (χ2n) is 3.91. The van der Waals surface area contributed by atoms with E-state index in [1.165, 1.54) is 0 Å². The van der Waals surface area contributed by atoms with Gasteiger partial charge in [0.05, 0.1) is 13.2 Å². The molecule has 0 bridgehead atoms. The fourth-order valence-electron chi connectivity index (χ4n) is 1.24. The molecule has 0 saturated heterocycles. The first kappa shape index (κ1) is 17.9. The first-order valence-corrected chi connectivity index (χ1v) is 6.15. The number of carbonyl (C=O) groups excluding carboxylic acids is 1. The fourth-order valence-corrected chi connectivity index (χ4v) is 1.24. The summed E-state index contributed by atoms with van der Waals surface area (Å²) in [6, 6.07) is -1.90. The molecule has 0 aromatic heterocycles. The third kappa shape index (κ3) is 9.89. The van der Waals surface area contributed by atoms with Gasteiger partial charge in [0.15, 0.2) is 0 Å². The van der Waals surface area contributed by atoms with E-state index in [2.05, 4.69) is 17.2 Å². The maximum Gasteiger partial charge on any atom is 0.326 e. The summed E-state index contributed by atoms with van der Waals surface area (Å²) in [5, 5.41) is 21.9. The number of hydrogen-bond acceptors (Lipinski definition) is 4. The topological polar surface area (TPSA) is 125 Å². The van der Waals surface area contributed by atoms with Gasteiger partial charge in [0, 0.05) is 13.0 Å². The van der Waals surface area contributed by atoms with Crippen molar-refractivity contribution >= 4 is 18.0 Å². The Morgan fingerprint density at radius 3 is 2.50 bits per heavy atom. The van der Waals surface area contributed by atoms with Crippen LogP contribution < -0.4 is 10.6 Å². The lowest BCUT2D eigenvalue weighted by atomic mass is 10.1. The molecule has 8 heteroatoms. The second kappa shape index (κ2) is 10.8. The number of ether oxygens (including phenoxy) is 1. The fraction of sp³-hybridized carbons (Fsp3) is 0.583. The van der Waals surface area contributed by atoms with E-state index in [1.807, 2.05) is 0 Å². The van der Waals surface area contributed by atoms with Crippen LogP contribution in [-0.4, -0.2) is 54.0 Å². The maximum atomic E-state index is 11.4. The second-order valence-corrected chi connectivity index (χ2v) is 3.91. The summed E-state index contributed by atoms with van der Waals surface area (Å²) in [4.78, 5) is 32.6. The van der Waals surface area contributed by atoms with E-state index in [4.69, 9.17) is 14.9 Å². The van der Waals surface area contributed by atoms with Crippen LogP contribution in [0.3, 0.4) is 0 Å². The van der Waals surface area contributed by atoms with Gasteiger partial charge in [-0.3, -0.25) is 4.79 Å². The molecule has 0 radical (unpaired) electrons. The number of hydrogen-bond donors (Lipinski definition) is 4. The smallest absolute Gasteiger partial charge is 0.326 e. The standard InChI is InChI=1S/C12H20N2O6/c1-2-3-7-20-8-6-13-12(19)14-9(11(17)18)4-5-10(15)16/h2,9H,1,3-8H2,(H,15,16)(H,17,18)(H2,13,14,19). The van der Waals surface area contributed by atoms with E-state index in [1.54, 1.807) is 6.08 Å². The van der Waals surface area contributed by atoms with Gasteiger partial charge in [-0.2, -0.15) is 0 Å². The largest absolute Gasteiger partial charge is 0.481 e. The summed E-state index contributed by atoms with van der Waals surface area (Å²) < 4.78 is 5.15. The number of nitrogens with one attached hydrogen (secondary N) is 2. The highest BCUT2D eigenvalue weighted by Gasteiger charge is 2.20. The molecule has 0 aromatic rings. The first-order valence-electron chi connectivity index (χ1n) is 6.15. The minimum Gasteiger partial charge on any atom is -0.481 e. The summed E-state index contributed by atoms with van der Waals surface area (Å²) in [7, 11) is 0. The molecule has 0 fully saturated rings. The molecule has 0 rings (SSSR count). The molecule has 0 aromatic carbocycles. The first-order chi connectivity index (χ1) is 9.47. The average molecular weight is 288 g/mol. The van der Waals surface area contributed by atoms with E-state index in [0.717, 1.165) is 0 Å². The number of aliphatic carboxylic acids is 2. The monoisotopic (exact) mass is 288 g/mol. The van der Waals surface area contributed by atoms with Crippen molar-refractivity contribution in [1.29, 1.82) is 0 Å². The predicted molar refractivity (Wildman–Crippen MR) is 70.5 cm³/mol. The summed E-state index contributed by atoms with van der Waals surface area (Å²) in [5.74, 6) is -2.39. The normalized spacial score (nSPS) is 11.4. The Morgan fingerprint density at radius 1 is 1.25 bits per heavy atom. The number of amides is 2. The Balaban J connectivity index is 3.86. The lowest BCUT2D eigenvalue weighted by molar-refractivity contribution is -0.140. The van der Waals surface area contributed by atoms with Crippen molar-refractivity contribution in [3.05, 3.63) is 12.7 Å². The minimum atomic E-state index is -1.27. The Bertz CT molecular complexity index is 345. The minimum absolute atomic E-state index is 0.173. The zero-order valence-electron chi connectivity index (χ0n) is 11.1. The van der Waals surface area contributed by atoms with Crippen LogP contribution in [0.4, 0.5) is 4.79 Å². The quantitative estimate of drug-likeness (QED) is 0.318. The van der Waals surface area contributed by atoms with Gasteiger partial charge in [-0.1, -0.05) is 6.08 Å². The van der Waals surface area contributed by atoms with E-state index in [9.17, 15) is 14.4 Å². The third-order valence-electron chi connectivity index (χ3n) is 2.25. The highest BCUT2D eigenvalue weighted by atomic mass is 16.5. The van der Waals surface area contributed by atoms with Gasteiger partial charge in [0.2, 0.25) is 0 Å². The van der Waals surface area contributed by atoms with Gasteiger partial charge in [0.25, 0.3) is 0 Å². The van der Waals surface area contributed by atoms with E-state index < -0.39 is 24.0 Å². The van der Waals surface area contributed by atoms with Gasteiger partial charge in [-0.25, -0.2) is 9.59 Å². The molecule has 4 N–H and O–H groups in total. The molecule has 0 saturated carbocycles. The SMILES string of the molecule is C=CCCOCCNC(=O)NC(CCC(=O)O)C(=O)O. The van der Waals surface area contributed by atoms with E-state index >= 15 is 0 Å². The van der Waals surface area contributed by atoms with Crippen LogP contribution in [0.1, 0.15) is 19.3 Å². The van der Waals surface area contributed by atoms with Crippen molar-refractivity contribution in [2.24, 2.45) is 0 Å². The summed E-state index contributed by atoms with van der Waals surface area (Å²) in [6.45, 7) is 4.56. The highest BCUT2D eigenvalue weighted by molar-refractivity contribution is 5.82. The molecule has 0 heterocycles. The molecule has 2 amide bonds. The number of carboxylic acid groups (broad SMARTS) is 2. The Hall–Kier alpha value is -2.09. The van der Waals surface area contributed by atoms with Crippen molar-refractivity contribution in [3.8, 4) is 0 Å². The number of carbonyl (C=O) groups is 3. The van der Waals surface area contributed by atoms with Crippen molar-refractivity contribution in [2.45, 2.75) is 25.3 Å². The van der Waals surface area contributed by atoms with E-state index in [-0.39, 0.29) is 19.4 Å². The molecule has 0 aliphatic carbocycles. The number of carboxylic acids is 2. The van der Waals surface area contributed by atoms with Gasteiger partial charge in [-0.15, -0.1) is 6.58 Å². The molecule has 0 spiro atoms. The molecule has 1 unspecified atom stereocenters. The molecule has 114 valence electrons. The lowest BCUT2D eigenvalue weighted by Gasteiger charge is -2.14. The highest BCUT2D eigenvalue weighted by Crippen LogP contribution is 1.97. The van der Waals surface area contributed by atoms with Gasteiger partial charge >= 0.3 is 18.0 Å². The van der Waals surface area contributed by atoms with Gasteiger partial charge in [-0.05, 0) is 12.8 Å². The van der Waals surface area contributed by atoms with Gasteiger partial charge < -0.3 is 25.6 Å². The summed E-state index contributed by atoms with van der Waals surface area (Å²) >= 11 is 0. The zero-order valence-corrected chi connectivity index (χ0v) is 11.1. The Labute approximate surface area is 116 Å². The van der Waals surface area contributed by atoms with Crippen molar-refractivity contribution in [2.75, 3.05) is 19.8 Å². The Kier molecular flexibility index (Phi) is 9.67. The summed E-state index contributed by atoms with van der Waals surface area (Å²) in [6.07, 6.45) is 1.92. The van der Waals surface area contributed by atoms with Crippen molar-refractivity contribution in [1.82, 2.24) is 10.6 Å². The van der Waals surface area contributed by atoms with Crippen LogP contribution in [0.5, 0.6) is 0 Å². The van der Waals surface area contributed by atoms with Crippen LogP contribution in [0.25, 0.3) is 0 Å². The van der Waals surface area contributed by atoms with Crippen molar-refractivity contribution < 1.29 is 29.3 Å². The molecule has 8 nitrogen and oxygen atoms in total. The summed E-state index contributed by atoms with van der Waals surface area (Å²) in [5.41, 5.74) is 0.